The molecule has 0 aliphatic carbocycles. The second-order valence-corrected chi connectivity index (χ2v) is 7.46. The predicted molar refractivity (Wildman–Crippen MR) is 109 cm³/mol. The number of ether oxygens (including phenoxy) is 3. The SMILES string of the molecule is Cc1cc(C(=O)COC(=O)[C@@H](C)Oc2ccc(C#N)cc2)c(C)n1C[C@@H]1CCCO1. The second kappa shape index (κ2) is 9.59. The third-order valence-electron chi connectivity index (χ3n) is 5.26. The first-order valence-corrected chi connectivity index (χ1v) is 10.0. The molecule has 0 radical (unpaired) electrons. The normalized spacial score (nSPS) is 16.7. The van der Waals surface area contributed by atoms with E-state index in [-0.39, 0.29) is 18.5 Å². The number of aryl methyl sites for hydroxylation is 1. The Morgan fingerprint density at radius 2 is 2.03 bits per heavy atom. The highest BCUT2D eigenvalue weighted by molar-refractivity contribution is 5.99. The zero-order valence-electron chi connectivity index (χ0n) is 17.5. The zero-order chi connectivity index (χ0) is 21.7. The molecule has 1 aromatic carbocycles. The molecular formula is C23H26N2O5. The lowest BCUT2D eigenvalue weighted by atomic mass is 10.1. The minimum absolute atomic E-state index is 0.177. The lowest BCUT2D eigenvalue weighted by Gasteiger charge is -2.15. The summed E-state index contributed by atoms with van der Waals surface area (Å²) in [7, 11) is 0. The largest absolute Gasteiger partial charge is 0.479 e. The Hall–Kier alpha value is -3.11. The Balaban J connectivity index is 1.55. The maximum absolute atomic E-state index is 12.6. The van der Waals surface area contributed by atoms with Crippen LogP contribution in [0.1, 0.15) is 47.1 Å². The smallest absolute Gasteiger partial charge is 0.347 e. The third kappa shape index (κ3) is 5.08. The summed E-state index contributed by atoms with van der Waals surface area (Å²) in [6.07, 6.45) is 1.39. The summed E-state index contributed by atoms with van der Waals surface area (Å²) in [6.45, 7) is 6.57. The Morgan fingerprint density at radius 1 is 1.30 bits per heavy atom. The van der Waals surface area contributed by atoms with Gasteiger partial charge < -0.3 is 18.8 Å². The Kier molecular flexibility index (Phi) is 6.91. The molecule has 0 bridgehead atoms. The van der Waals surface area contributed by atoms with Crippen LogP contribution in [0.25, 0.3) is 0 Å². The highest BCUT2D eigenvalue weighted by Gasteiger charge is 2.23. The summed E-state index contributed by atoms with van der Waals surface area (Å²) < 4.78 is 18.5. The van der Waals surface area contributed by atoms with Gasteiger partial charge in [-0.05, 0) is 63.9 Å². The number of nitriles is 1. The van der Waals surface area contributed by atoms with Crippen LogP contribution in [-0.2, 0) is 20.8 Å². The van der Waals surface area contributed by atoms with Gasteiger partial charge in [0.25, 0.3) is 0 Å². The van der Waals surface area contributed by atoms with Crippen LogP contribution in [0.15, 0.2) is 30.3 Å². The van der Waals surface area contributed by atoms with Crippen molar-refractivity contribution in [2.45, 2.75) is 52.4 Å². The first-order chi connectivity index (χ1) is 14.4. The number of carbonyl (C=O) groups is 2. The lowest BCUT2D eigenvalue weighted by molar-refractivity contribution is -0.149. The van der Waals surface area contributed by atoms with Gasteiger partial charge in [-0.3, -0.25) is 4.79 Å². The van der Waals surface area contributed by atoms with Gasteiger partial charge in [-0.1, -0.05) is 0 Å². The molecule has 30 heavy (non-hydrogen) atoms. The number of aromatic nitrogens is 1. The molecule has 0 N–H and O–H groups in total. The van der Waals surface area contributed by atoms with Gasteiger partial charge in [0.2, 0.25) is 5.78 Å². The van der Waals surface area contributed by atoms with Crippen molar-refractivity contribution in [3.05, 3.63) is 52.8 Å². The first kappa shape index (κ1) is 21.6. The van der Waals surface area contributed by atoms with E-state index >= 15 is 0 Å². The van der Waals surface area contributed by atoms with Crippen molar-refractivity contribution in [2.24, 2.45) is 0 Å². The van der Waals surface area contributed by atoms with Crippen LogP contribution < -0.4 is 4.74 Å². The quantitative estimate of drug-likeness (QED) is 0.490. The fraction of sp³-hybridized carbons (Fsp3) is 0.435. The van der Waals surface area contributed by atoms with Gasteiger partial charge in [0.05, 0.1) is 17.7 Å². The van der Waals surface area contributed by atoms with E-state index in [1.165, 1.54) is 0 Å². The van der Waals surface area contributed by atoms with Crippen molar-refractivity contribution in [1.82, 2.24) is 4.57 Å². The van der Waals surface area contributed by atoms with Crippen molar-refractivity contribution >= 4 is 11.8 Å². The van der Waals surface area contributed by atoms with Crippen molar-refractivity contribution in [1.29, 1.82) is 5.26 Å². The van der Waals surface area contributed by atoms with Crippen molar-refractivity contribution < 1.29 is 23.8 Å². The number of hydrogen-bond acceptors (Lipinski definition) is 6. The van der Waals surface area contributed by atoms with Gasteiger partial charge in [-0.25, -0.2) is 4.79 Å². The van der Waals surface area contributed by atoms with Crippen LogP contribution in [0.4, 0.5) is 0 Å². The van der Waals surface area contributed by atoms with Gasteiger partial charge in [0.1, 0.15) is 5.75 Å². The maximum atomic E-state index is 12.6. The van der Waals surface area contributed by atoms with Gasteiger partial charge in [0, 0.05) is 30.1 Å². The molecule has 0 saturated carbocycles. The highest BCUT2D eigenvalue weighted by Crippen LogP contribution is 2.21. The molecule has 1 aliphatic heterocycles. The Labute approximate surface area is 176 Å². The van der Waals surface area contributed by atoms with Gasteiger partial charge in [-0.2, -0.15) is 5.26 Å². The average Bonchev–Trinajstić information content (AvgIpc) is 3.36. The molecule has 2 atom stereocenters. The number of Topliss-reactive ketones (excluding diaryl/α,β-unsaturated/α-hetero) is 1. The highest BCUT2D eigenvalue weighted by atomic mass is 16.6. The van der Waals surface area contributed by atoms with E-state index in [1.807, 2.05) is 26.0 Å². The van der Waals surface area contributed by atoms with E-state index < -0.39 is 12.1 Å². The summed E-state index contributed by atoms with van der Waals surface area (Å²) in [5, 5.41) is 8.82. The topological polar surface area (TPSA) is 90.6 Å². The summed E-state index contributed by atoms with van der Waals surface area (Å²) in [4.78, 5) is 24.9. The molecule has 7 nitrogen and oxygen atoms in total. The molecule has 3 rings (SSSR count). The molecule has 1 aromatic heterocycles. The van der Waals surface area contributed by atoms with Gasteiger partial charge >= 0.3 is 5.97 Å². The summed E-state index contributed by atoms with van der Waals surface area (Å²) in [6, 6.07) is 10.3. The van der Waals surface area contributed by atoms with E-state index in [0.717, 1.165) is 37.4 Å². The number of carbonyl (C=O) groups excluding carboxylic acids is 2. The molecule has 1 aliphatic rings. The van der Waals surface area contributed by atoms with Gasteiger partial charge in [0.15, 0.2) is 12.7 Å². The summed E-state index contributed by atoms with van der Waals surface area (Å²) in [5.74, 6) is -0.427. The predicted octanol–water partition coefficient (Wildman–Crippen LogP) is 3.35. The number of hydrogen-bond donors (Lipinski definition) is 0. The Morgan fingerprint density at radius 3 is 2.67 bits per heavy atom. The monoisotopic (exact) mass is 410 g/mol. The van der Waals surface area contributed by atoms with Crippen molar-refractivity contribution in [2.75, 3.05) is 13.2 Å². The maximum Gasteiger partial charge on any atom is 0.347 e. The molecule has 158 valence electrons. The third-order valence-corrected chi connectivity index (χ3v) is 5.26. The van der Waals surface area contributed by atoms with Gasteiger partial charge in [-0.15, -0.1) is 0 Å². The number of esters is 1. The molecule has 7 heteroatoms. The molecule has 1 saturated heterocycles. The number of rotatable bonds is 8. The van der Waals surface area contributed by atoms with Crippen LogP contribution >= 0.6 is 0 Å². The number of ketones is 1. The van der Waals surface area contributed by atoms with E-state index in [9.17, 15) is 9.59 Å². The molecule has 1 fully saturated rings. The van der Waals surface area contributed by atoms with Crippen LogP contribution in [-0.4, -0.2) is 41.7 Å². The van der Waals surface area contributed by atoms with E-state index in [0.29, 0.717) is 16.9 Å². The zero-order valence-corrected chi connectivity index (χ0v) is 17.5. The average molecular weight is 410 g/mol. The van der Waals surface area contributed by atoms with Crippen molar-refractivity contribution in [3.63, 3.8) is 0 Å². The molecule has 2 aromatic rings. The summed E-state index contributed by atoms with van der Waals surface area (Å²) >= 11 is 0. The number of benzene rings is 1. The molecule has 0 spiro atoms. The van der Waals surface area contributed by atoms with Crippen LogP contribution in [0.2, 0.25) is 0 Å². The minimum Gasteiger partial charge on any atom is -0.479 e. The molecule has 0 amide bonds. The molecule has 2 heterocycles. The van der Waals surface area contributed by atoms with E-state index in [1.54, 1.807) is 31.2 Å². The number of nitrogens with zero attached hydrogens (tertiary/aromatic N) is 2. The fourth-order valence-electron chi connectivity index (χ4n) is 3.55. The summed E-state index contributed by atoms with van der Waals surface area (Å²) in [5.41, 5.74) is 2.89. The van der Waals surface area contributed by atoms with Crippen LogP contribution in [0.5, 0.6) is 5.75 Å². The standard InChI is InChI=1S/C23H26N2O5/c1-15-11-21(16(2)25(15)13-20-5-4-10-28-20)22(26)14-29-23(27)17(3)30-19-8-6-18(12-24)7-9-19/h6-9,11,17,20H,4-5,10,13-14H2,1-3H3/t17-,20+/m1/s1. The Bertz CT molecular complexity index is 949. The van der Waals surface area contributed by atoms with Crippen LogP contribution in [0.3, 0.4) is 0 Å². The van der Waals surface area contributed by atoms with E-state index in [4.69, 9.17) is 19.5 Å². The second-order valence-electron chi connectivity index (χ2n) is 7.46. The molecule has 0 unspecified atom stereocenters. The van der Waals surface area contributed by atoms with E-state index in [2.05, 4.69) is 4.57 Å². The molecular weight excluding hydrogens is 384 g/mol. The lowest BCUT2D eigenvalue weighted by Crippen LogP contribution is -2.28. The van der Waals surface area contributed by atoms with Crippen LogP contribution in [0, 0.1) is 25.2 Å². The minimum atomic E-state index is -0.877. The van der Waals surface area contributed by atoms with Crippen molar-refractivity contribution in [3.8, 4) is 11.8 Å². The fourth-order valence-corrected chi connectivity index (χ4v) is 3.55. The first-order valence-electron chi connectivity index (χ1n) is 10.0.